The number of aromatic nitrogens is 1. The highest BCUT2D eigenvalue weighted by atomic mass is 32.1. The van der Waals surface area contributed by atoms with Gasteiger partial charge in [-0.1, -0.05) is 0 Å². The Labute approximate surface area is 115 Å². The third kappa shape index (κ3) is 2.91. The van der Waals surface area contributed by atoms with Gasteiger partial charge < -0.3 is 14.2 Å². The SMILES string of the molecule is CCOC(=O)c1ccc2nc(C(OC)OC)sc2c1. The topological polar surface area (TPSA) is 57.7 Å². The summed E-state index contributed by atoms with van der Waals surface area (Å²) < 4.78 is 16.2. The molecular formula is C13H15NO4S. The Morgan fingerprint density at radius 1 is 1.37 bits per heavy atom. The van der Waals surface area contributed by atoms with Crippen LogP contribution in [-0.2, 0) is 14.2 Å². The van der Waals surface area contributed by atoms with E-state index < -0.39 is 6.29 Å². The quantitative estimate of drug-likeness (QED) is 0.623. The molecular weight excluding hydrogens is 266 g/mol. The lowest BCUT2D eigenvalue weighted by Gasteiger charge is -2.08. The molecule has 0 saturated heterocycles. The highest BCUT2D eigenvalue weighted by molar-refractivity contribution is 7.18. The summed E-state index contributed by atoms with van der Waals surface area (Å²) in [5.74, 6) is -0.325. The first-order chi connectivity index (χ1) is 9.19. The van der Waals surface area contributed by atoms with E-state index in [1.54, 1.807) is 39.3 Å². The van der Waals surface area contributed by atoms with Crippen molar-refractivity contribution in [3.05, 3.63) is 28.8 Å². The minimum Gasteiger partial charge on any atom is -0.462 e. The second-order valence-corrected chi connectivity index (χ2v) is 4.82. The van der Waals surface area contributed by atoms with Gasteiger partial charge in [-0.05, 0) is 25.1 Å². The van der Waals surface area contributed by atoms with Crippen LogP contribution in [0, 0.1) is 0 Å². The molecule has 0 atom stereocenters. The number of esters is 1. The lowest BCUT2D eigenvalue weighted by atomic mass is 10.2. The molecule has 19 heavy (non-hydrogen) atoms. The van der Waals surface area contributed by atoms with Crippen LogP contribution < -0.4 is 0 Å². The van der Waals surface area contributed by atoms with Crippen molar-refractivity contribution < 1.29 is 19.0 Å². The molecule has 0 aliphatic rings. The van der Waals surface area contributed by atoms with Crippen molar-refractivity contribution in [1.29, 1.82) is 0 Å². The second-order valence-electron chi connectivity index (χ2n) is 3.76. The van der Waals surface area contributed by atoms with Crippen molar-refractivity contribution in [2.75, 3.05) is 20.8 Å². The first-order valence-corrected chi connectivity index (χ1v) is 6.64. The third-order valence-electron chi connectivity index (χ3n) is 2.55. The number of hydrogen-bond acceptors (Lipinski definition) is 6. The summed E-state index contributed by atoms with van der Waals surface area (Å²) in [6, 6.07) is 5.28. The fraction of sp³-hybridized carbons (Fsp3) is 0.385. The fourth-order valence-electron chi connectivity index (χ4n) is 1.68. The van der Waals surface area contributed by atoms with Gasteiger partial charge in [-0.25, -0.2) is 9.78 Å². The predicted molar refractivity (Wildman–Crippen MR) is 72.3 cm³/mol. The molecule has 0 saturated carbocycles. The van der Waals surface area contributed by atoms with Crippen molar-refractivity contribution in [2.24, 2.45) is 0 Å². The highest BCUT2D eigenvalue weighted by Gasteiger charge is 2.16. The molecule has 1 aromatic carbocycles. The van der Waals surface area contributed by atoms with Gasteiger partial charge in [0.05, 0.1) is 22.4 Å². The molecule has 5 nitrogen and oxygen atoms in total. The first kappa shape index (κ1) is 13.9. The van der Waals surface area contributed by atoms with Crippen molar-refractivity contribution in [3.63, 3.8) is 0 Å². The van der Waals surface area contributed by atoms with Crippen LogP contribution in [0.4, 0.5) is 0 Å². The van der Waals surface area contributed by atoms with Crippen LogP contribution in [0.5, 0.6) is 0 Å². The van der Waals surface area contributed by atoms with Gasteiger partial charge in [-0.2, -0.15) is 0 Å². The molecule has 0 aliphatic heterocycles. The van der Waals surface area contributed by atoms with Gasteiger partial charge in [-0.15, -0.1) is 11.3 Å². The number of methoxy groups -OCH3 is 2. The summed E-state index contributed by atoms with van der Waals surface area (Å²) >= 11 is 1.44. The molecule has 0 spiro atoms. The van der Waals surface area contributed by atoms with Crippen LogP contribution in [0.1, 0.15) is 28.6 Å². The number of rotatable bonds is 5. The van der Waals surface area contributed by atoms with E-state index in [0.29, 0.717) is 12.2 Å². The van der Waals surface area contributed by atoms with Crippen LogP contribution >= 0.6 is 11.3 Å². The summed E-state index contributed by atoms with van der Waals surface area (Å²) in [5, 5.41) is 0.723. The predicted octanol–water partition coefficient (Wildman–Crippen LogP) is 2.76. The van der Waals surface area contributed by atoms with Crippen LogP contribution in [0.15, 0.2) is 18.2 Å². The van der Waals surface area contributed by atoms with E-state index in [0.717, 1.165) is 15.2 Å². The van der Waals surface area contributed by atoms with Gasteiger partial charge in [0.1, 0.15) is 0 Å². The summed E-state index contributed by atoms with van der Waals surface area (Å²) in [6.45, 7) is 2.14. The van der Waals surface area contributed by atoms with Crippen LogP contribution in [0.3, 0.4) is 0 Å². The van der Waals surface area contributed by atoms with Crippen molar-refractivity contribution in [2.45, 2.75) is 13.2 Å². The van der Waals surface area contributed by atoms with Crippen LogP contribution in [0.25, 0.3) is 10.2 Å². The van der Waals surface area contributed by atoms with Crippen molar-refractivity contribution in [3.8, 4) is 0 Å². The summed E-state index contributed by atoms with van der Waals surface area (Å²) in [7, 11) is 3.12. The van der Waals surface area contributed by atoms with E-state index >= 15 is 0 Å². The van der Waals surface area contributed by atoms with Gasteiger partial charge in [0.25, 0.3) is 0 Å². The normalized spacial score (nSPS) is 11.2. The summed E-state index contributed by atoms with van der Waals surface area (Å²) in [6.07, 6.45) is -0.483. The Kier molecular flexibility index (Phi) is 4.47. The Balaban J connectivity index is 2.35. The largest absolute Gasteiger partial charge is 0.462 e. The Hall–Kier alpha value is -1.50. The second kappa shape index (κ2) is 6.10. The lowest BCUT2D eigenvalue weighted by Crippen LogP contribution is -2.03. The van der Waals surface area contributed by atoms with Crippen molar-refractivity contribution >= 4 is 27.5 Å². The Morgan fingerprint density at radius 2 is 2.11 bits per heavy atom. The summed E-state index contributed by atoms with van der Waals surface area (Å²) in [5.41, 5.74) is 1.34. The number of carbonyl (C=O) groups excluding carboxylic acids is 1. The van der Waals surface area contributed by atoms with E-state index in [1.165, 1.54) is 11.3 Å². The van der Waals surface area contributed by atoms with E-state index in [-0.39, 0.29) is 5.97 Å². The van der Waals surface area contributed by atoms with Crippen LogP contribution in [0.2, 0.25) is 0 Å². The zero-order chi connectivity index (χ0) is 13.8. The number of benzene rings is 1. The molecule has 0 N–H and O–H groups in total. The van der Waals surface area contributed by atoms with Gasteiger partial charge in [0, 0.05) is 14.2 Å². The smallest absolute Gasteiger partial charge is 0.338 e. The molecule has 0 unspecified atom stereocenters. The average molecular weight is 281 g/mol. The number of nitrogens with zero attached hydrogens (tertiary/aromatic N) is 1. The maximum absolute atomic E-state index is 11.7. The Bertz CT molecular complexity index is 577. The minimum atomic E-state index is -0.483. The van der Waals surface area contributed by atoms with Gasteiger partial charge >= 0.3 is 5.97 Å². The molecule has 1 aromatic heterocycles. The van der Waals surface area contributed by atoms with E-state index in [9.17, 15) is 4.79 Å². The zero-order valence-electron chi connectivity index (χ0n) is 11.0. The lowest BCUT2D eigenvalue weighted by molar-refractivity contribution is -0.105. The van der Waals surface area contributed by atoms with Crippen LogP contribution in [-0.4, -0.2) is 31.8 Å². The molecule has 1 heterocycles. The number of ether oxygens (including phenoxy) is 3. The van der Waals surface area contributed by atoms with Gasteiger partial charge in [-0.3, -0.25) is 0 Å². The molecule has 2 rings (SSSR count). The molecule has 102 valence electrons. The number of carbonyl (C=O) groups is 1. The average Bonchev–Trinajstić information content (AvgIpc) is 2.83. The third-order valence-corrected chi connectivity index (χ3v) is 3.59. The maximum Gasteiger partial charge on any atom is 0.338 e. The van der Waals surface area contributed by atoms with Gasteiger partial charge in [0.2, 0.25) is 6.29 Å². The number of thiazole rings is 1. The number of hydrogen-bond donors (Lipinski definition) is 0. The molecule has 2 aromatic rings. The first-order valence-electron chi connectivity index (χ1n) is 5.82. The fourth-order valence-corrected chi connectivity index (χ4v) is 2.74. The van der Waals surface area contributed by atoms with Gasteiger partial charge in [0.15, 0.2) is 5.01 Å². The molecule has 0 radical (unpaired) electrons. The number of fused-ring (bicyclic) bond motifs is 1. The van der Waals surface area contributed by atoms with E-state index in [2.05, 4.69) is 4.98 Å². The zero-order valence-corrected chi connectivity index (χ0v) is 11.8. The molecule has 0 fully saturated rings. The highest BCUT2D eigenvalue weighted by Crippen LogP contribution is 2.29. The van der Waals surface area contributed by atoms with Crippen molar-refractivity contribution in [1.82, 2.24) is 4.98 Å². The Morgan fingerprint density at radius 3 is 2.74 bits per heavy atom. The minimum absolute atomic E-state index is 0.325. The monoisotopic (exact) mass is 281 g/mol. The standard InChI is InChI=1S/C13H15NO4S/c1-4-18-12(15)8-5-6-9-10(7-8)19-11(14-9)13(16-2)17-3/h5-7,13H,4H2,1-3H3. The molecule has 0 amide bonds. The maximum atomic E-state index is 11.7. The van der Waals surface area contributed by atoms with E-state index in [1.807, 2.05) is 0 Å². The molecule has 6 heteroatoms. The summed E-state index contributed by atoms with van der Waals surface area (Å²) in [4.78, 5) is 16.1. The van der Waals surface area contributed by atoms with E-state index in [4.69, 9.17) is 14.2 Å². The molecule has 0 bridgehead atoms. The molecule has 0 aliphatic carbocycles.